The summed E-state index contributed by atoms with van der Waals surface area (Å²) in [6.45, 7) is 4.82. The number of benzene rings is 1. The van der Waals surface area contributed by atoms with E-state index in [0.717, 1.165) is 19.5 Å². The summed E-state index contributed by atoms with van der Waals surface area (Å²) < 4.78 is 0. The molecular formula is C21H34IN5O2. The van der Waals surface area contributed by atoms with Crippen molar-refractivity contribution in [2.75, 3.05) is 33.7 Å². The minimum atomic E-state index is -0.0729. The molecule has 1 aliphatic heterocycles. The van der Waals surface area contributed by atoms with Crippen molar-refractivity contribution in [3.8, 4) is 0 Å². The number of guanidine groups is 1. The van der Waals surface area contributed by atoms with Gasteiger partial charge in [0.1, 0.15) is 0 Å². The van der Waals surface area contributed by atoms with Gasteiger partial charge < -0.3 is 10.6 Å². The van der Waals surface area contributed by atoms with Crippen molar-refractivity contribution >= 4 is 41.8 Å². The average Bonchev–Trinajstić information content (AvgIpc) is 2.69. The maximum atomic E-state index is 11.8. The molecule has 1 fully saturated rings. The lowest BCUT2D eigenvalue weighted by Crippen LogP contribution is -2.47. The van der Waals surface area contributed by atoms with E-state index in [-0.39, 0.29) is 35.8 Å². The highest BCUT2D eigenvalue weighted by Crippen LogP contribution is 2.11. The van der Waals surface area contributed by atoms with Gasteiger partial charge in [0.25, 0.3) is 0 Å². The monoisotopic (exact) mass is 515 g/mol. The van der Waals surface area contributed by atoms with E-state index in [1.165, 1.54) is 10.5 Å². The summed E-state index contributed by atoms with van der Waals surface area (Å²) in [5, 5.41) is 6.48. The van der Waals surface area contributed by atoms with Crippen LogP contribution >= 0.6 is 24.0 Å². The summed E-state index contributed by atoms with van der Waals surface area (Å²) >= 11 is 0. The van der Waals surface area contributed by atoms with Crippen LogP contribution in [0.4, 0.5) is 0 Å². The molecule has 0 spiro atoms. The van der Waals surface area contributed by atoms with Gasteiger partial charge in [0, 0.05) is 52.1 Å². The number of nitrogens with zero attached hydrogens (tertiary/aromatic N) is 3. The average molecular weight is 515 g/mol. The van der Waals surface area contributed by atoms with Crippen LogP contribution in [0.15, 0.2) is 35.3 Å². The van der Waals surface area contributed by atoms with Crippen molar-refractivity contribution < 1.29 is 9.59 Å². The Hall–Kier alpha value is -1.68. The van der Waals surface area contributed by atoms with Crippen molar-refractivity contribution in [3.63, 3.8) is 0 Å². The first-order valence-electron chi connectivity index (χ1n) is 10.0. The molecule has 1 saturated heterocycles. The van der Waals surface area contributed by atoms with Crippen LogP contribution in [0.3, 0.4) is 0 Å². The van der Waals surface area contributed by atoms with E-state index < -0.39 is 0 Å². The molecule has 1 unspecified atom stereocenters. The second-order valence-electron chi connectivity index (χ2n) is 7.26. The zero-order valence-electron chi connectivity index (χ0n) is 17.7. The molecule has 0 radical (unpaired) electrons. The number of likely N-dealkylation sites (tertiary alicyclic amines) is 1. The summed E-state index contributed by atoms with van der Waals surface area (Å²) in [5.74, 6) is 0.544. The van der Waals surface area contributed by atoms with Gasteiger partial charge in [-0.3, -0.25) is 24.4 Å². The number of hydrogen-bond acceptors (Lipinski definition) is 4. The summed E-state index contributed by atoms with van der Waals surface area (Å²) in [7, 11) is 3.86. The third-order valence-corrected chi connectivity index (χ3v) is 5.12. The van der Waals surface area contributed by atoms with Crippen LogP contribution < -0.4 is 10.6 Å². The zero-order valence-corrected chi connectivity index (χ0v) is 20.0. The number of hydrogen-bond donors (Lipinski definition) is 2. The van der Waals surface area contributed by atoms with E-state index in [1.54, 1.807) is 7.05 Å². The van der Waals surface area contributed by atoms with Gasteiger partial charge in [-0.2, -0.15) is 0 Å². The number of aliphatic imine (C=N–C) groups is 1. The third-order valence-electron chi connectivity index (χ3n) is 5.12. The molecule has 162 valence electrons. The van der Waals surface area contributed by atoms with Crippen LogP contribution in [0.1, 0.15) is 38.2 Å². The summed E-state index contributed by atoms with van der Waals surface area (Å²) in [6.07, 6.45) is 2.58. The quantitative estimate of drug-likeness (QED) is 0.228. The van der Waals surface area contributed by atoms with Gasteiger partial charge in [-0.25, -0.2) is 0 Å². The van der Waals surface area contributed by atoms with Crippen LogP contribution in [-0.2, 0) is 16.1 Å². The number of imide groups is 1. The van der Waals surface area contributed by atoms with Gasteiger partial charge in [0.15, 0.2) is 5.96 Å². The molecule has 1 atom stereocenters. The summed E-state index contributed by atoms with van der Waals surface area (Å²) in [4.78, 5) is 31.5. The third kappa shape index (κ3) is 8.69. The summed E-state index contributed by atoms with van der Waals surface area (Å²) in [6, 6.07) is 10.9. The van der Waals surface area contributed by atoms with Gasteiger partial charge in [-0.1, -0.05) is 30.3 Å². The van der Waals surface area contributed by atoms with Crippen LogP contribution in [0.5, 0.6) is 0 Å². The first kappa shape index (κ1) is 25.4. The Morgan fingerprint density at radius 2 is 1.76 bits per heavy atom. The lowest BCUT2D eigenvalue weighted by molar-refractivity contribution is -0.147. The van der Waals surface area contributed by atoms with Crippen LogP contribution in [0, 0.1) is 0 Å². The SMILES string of the molecule is CN=C(NCCC(C)N(C)Cc1ccccc1)NCCN1C(=O)CCCC1=O.I. The Kier molecular flexibility index (Phi) is 11.8. The highest BCUT2D eigenvalue weighted by Gasteiger charge is 2.25. The van der Waals surface area contributed by atoms with Crippen molar-refractivity contribution in [1.82, 2.24) is 20.4 Å². The Morgan fingerprint density at radius 1 is 1.14 bits per heavy atom. The Labute approximate surface area is 191 Å². The molecule has 2 amide bonds. The molecule has 29 heavy (non-hydrogen) atoms. The van der Waals surface area contributed by atoms with E-state index in [9.17, 15) is 9.59 Å². The van der Waals surface area contributed by atoms with Crippen molar-refractivity contribution in [1.29, 1.82) is 0 Å². The molecule has 7 nitrogen and oxygen atoms in total. The number of amides is 2. The minimum absolute atomic E-state index is 0. The first-order valence-corrected chi connectivity index (χ1v) is 10.0. The van der Waals surface area contributed by atoms with Crippen molar-refractivity contribution in [2.45, 2.75) is 45.2 Å². The van der Waals surface area contributed by atoms with Gasteiger partial charge in [-0.05, 0) is 32.4 Å². The second-order valence-corrected chi connectivity index (χ2v) is 7.26. The topological polar surface area (TPSA) is 77.0 Å². The van der Waals surface area contributed by atoms with Gasteiger partial charge in [0.05, 0.1) is 0 Å². The molecular weight excluding hydrogens is 481 g/mol. The van der Waals surface area contributed by atoms with E-state index in [2.05, 4.69) is 58.8 Å². The predicted octanol–water partition coefficient (Wildman–Crippen LogP) is 2.22. The fourth-order valence-electron chi connectivity index (χ4n) is 3.20. The smallest absolute Gasteiger partial charge is 0.229 e. The molecule has 0 aliphatic carbocycles. The Balaban J connectivity index is 0.00000420. The van der Waals surface area contributed by atoms with Crippen LogP contribution in [0.25, 0.3) is 0 Å². The zero-order chi connectivity index (χ0) is 20.4. The van der Waals surface area contributed by atoms with Crippen LogP contribution in [-0.4, -0.2) is 67.3 Å². The largest absolute Gasteiger partial charge is 0.356 e. The van der Waals surface area contributed by atoms with E-state index in [1.807, 2.05) is 6.07 Å². The lowest BCUT2D eigenvalue weighted by Gasteiger charge is -2.26. The minimum Gasteiger partial charge on any atom is -0.356 e. The highest BCUT2D eigenvalue weighted by molar-refractivity contribution is 14.0. The molecule has 1 aromatic carbocycles. The molecule has 8 heteroatoms. The molecule has 0 aromatic heterocycles. The van der Waals surface area contributed by atoms with Crippen molar-refractivity contribution in [2.24, 2.45) is 4.99 Å². The number of nitrogens with one attached hydrogen (secondary N) is 2. The number of carbonyl (C=O) groups is 2. The van der Waals surface area contributed by atoms with Gasteiger partial charge in [-0.15, -0.1) is 24.0 Å². The maximum Gasteiger partial charge on any atom is 0.229 e. The van der Waals surface area contributed by atoms with E-state index in [4.69, 9.17) is 0 Å². The van der Waals surface area contributed by atoms with Crippen LogP contribution in [0.2, 0.25) is 0 Å². The molecule has 1 heterocycles. The highest BCUT2D eigenvalue weighted by atomic mass is 127. The standard InChI is InChI=1S/C21H33N5O2.HI/c1-17(25(3)16-18-8-5-4-6-9-18)12-13-23-21(22-2)24-14-15-26-19(27)10-7-11-20(26)28;/h4-6,8-9,17H,7,10-16H2,1-3H3,(H2,22,23,24);1H. The number of piperidine rings is 1. The number of rotatable bonds is 9. The maximum absolute atomic E-state index is 11.8. The Morgan fingerprint density at radius 3 is 2.38 bits per heavy atom. The fraction of sp³-hybridized carbons (Fsp3) is 0.571. The summed E-state index contributed by atoms with van der Waals surface area (Å²) in [5.41, 5.74) is 1.31. The molecule has 1 aliphatic rings. The second kappa shape index (κ2) is 13.5. The normalized spacial score (nSPS) is 15.9. The van der Waals surface area contributed by atoms with E-state index in [0.29, 0.717) is 44.4 Å². The van der Waals surface area contributed by atoms with Gasteiger partial charge >= 0.3 is 0 Å². The number of halogens is 1. The number of carbonyl (C=O) groups excluding carboxylic acids is 2. The van der Waals surface area contributed by atoms with Gasteiger partial charge in [0.2, 0.25) is 11.8 Å². The molecule has 1 aromatic rings. The first-order chi connectivity index (χ1) is 13.5. The molecule has 0 bridgehead atoms. The lowest BCUT2D eigenvalue weighted by atomic mass is 10.1. The van der Waals surface area contributed by atoms with Crippen molar-refractivity contribution in [3.05, 3.63) is 35.9 Å². The Bertz CT molecular complexity index is 652. The predicted molar refractivity (Wildman–Crippen MR) is 127 cm³/mol. The fourth-order valence-corrected chi connectivity index (χ4v) is 3.20. The molecule has 2 N–H and O–H groups in total. The molecule has 0 saturated carbocycles. The van der Waals surface area contributed by atoms with E-state index >= 15 is 0 Å². The molecule has 2 rings (SSSR count).